The van der Waals surface area contributed by atoms with E-state index in [0.29, 0.717) is 49.0 Å². The molecule has 2 saturated heterocycles. The van der Waals surface area contributed by atoms with Crippen molar-refractivity contribution >= 4 is 75.1 Å². The standard InChI is InChI=1S/C33H27F6N3O6S3/c34-32(35,36)21-11-19(12-22(14-21)33(37,38)39)20-13-25(50-17-20)16-26-29(45)42(31(49)51-26)24(5-6-28(44)41-7-9-48-10-8-41)15-27(43)40-23-3-1-18(2-4-23)30(46)47/h1-4,11-14,16-17,24H,5-10,15H2,(H,40,43)(H,46,47)/b26-16-/t24-/m0/s1. The number of morpholine rings is 1. The Morgan fingerprint density at radius 1 is 0.961 bits per heavy atom. The highest BCUT2D eigenvalue weighted by molar-refractivity contribution is 8.26. The molecule has 0 spiro atoms. The second-order valence-corrected chi connectivity index (χ2v) is 14.0. The molecule has 0 saturated carbocycles. The van der Waals surface area contributed by atoms with Gasteiger partial charge in [0.1, 0.15) is 4.32 Å². The first-order valence-electron chi connectivity index (χ1n) is 15.1. The number of carbonyl (C=O) groups is 4. The van der Waals surface area contributed by atoms with Crippen molar-refractivity contribution in [3.63, 3.8) is 0 Å². The third-order valence-corrected chi connectivity index (χ3v) is 10.1. The Labute approximate surface area is 300 Å². The first kappa shape index (κ1) is 38.0. The van der Waals surface area contributed by atoms with E-state index in [-0.39, 0.29) is 57.2 Å². The number of amides is 3. The van der Waals surface area contributed by atoms with Crippen molar-refractivity contribution in [2.24, 2.45) is 0 Å². The molecule has 0 aliphatic carbocycles. The zero-order chi connectivity index (χ0) is 37.1. The zero-order valence-corrected chi connectivity index (χ0v) is 28.6. The second-order valence-electron chi connectivity index (χ2n) is 11.4. The summed E-state index contributed by atoms with van der Waals surface area (Å²) >= 11 is 7.40. The van der Waals surface area contributed by atoms with Gasteiger partial charge in [0.25, 0.3) is 5.91 Å². The maximum absolute atomic E-state index is 13.7. The van der Waals surface area contributed by atoms with Crippen molar-refractivity contribution in [3.05, 3.63) is 80.4 Å². The first-order valence-corrected chi connectivity index (χ1v) is 17.2. The van der Waals surface area contributed by atoms with Crippen molar-refractivity contribution in [2.45, 2.75) is 37.7 Å². The number of alkyl halides is 6. The van der Waals surface area contributed by atoms with Crippen molar-refractivity contribution in [2.75, 3.05) is 31.6 Å². The van der Waals surface area contributed by atoms with E-state index in [4.69, 9.17) is 22.1 Å². The lowest BCUT2D eigenvalue weighted by Crippen LogP contribution is -2.43. The SMILES string of the molecule is O=C(C[C@H](CCC(=O)N1CCOCC1)N1C(=O)/C(=C/c2cc(-c3cc(C(F)(F)F)cc(C(F)(F)F)c3)cs2)SC1=S)Nc1ccc(C(=O)O)cc1. The summed E-state index contributed by atoms with van der Waals surface area (Å²) in [5, 5.41) is 13.2. The maximum atomic E-state index is 13.7. The zero-order valence-electron chi connectivity index (χ0n) is 26.2. The molecule has 2 aliphatic heterocycles. The van der Waals surface area contributed by atoms with Crippen LogP contribution >= 0.6 is 35.3 Å². The Hall–Kier alpha value is -4.26. The molecule has 0 unspecified atom stereocenters. The van der Waals surface area contributed by atoms with Crippen LogP contribution in [0.4, 0.5) is 32.0 Å². The van der Waals surface area contributed by atoms with Gasteiger partial charge in [-0.1, -0.05) is 24.0 Å². The van der Waals surface area contributed by atoms with Gasteiger partial charge in [-0.25, -0.2) is 4.79 Å². The number of benzene rings is 2. The number of anilines is 1. The number of hydrogen-bond donors (Lipinski definition) is 2. The van der Waals surface area contributed by atoms with E-state index in [0.717, 1.165) is 23.1 Å². The Balaban J connectivity index is 1.37. The number of carboxylic acids is 1. The number of ether oxygens (including phenoxy) is 1. The Kier molecular flexibility index (Phi) is 11.6. The van der Waals surface area contributed by atoms with Crippen LogP contribution in [0.3, 0.4) is 0 Å². The fourth-order valence-electron chi connectivity index (χ4n) is 5.33. The lowest BCUT2D eigenvalue weighted by molar-refractivity contribution is -0.143. The fourth-order valence-corrected chi connectivity index (χ4v) is 7.64. The van der Waals surface area contributed by atoms with Crippen molar-refractivity contribution in [3.8, 4) is 11.1 Å². The predicted molar refractivity (Wildman–Crippen MR) is 182 cm³/mol. The molecule has 3 amide bonds. The molecule has 0 radical (unpaired) electrons. The topological polar surface area (TPSA) is 116 Å². The third kappa shape index (κ3) is 9.55. The molecule has 9 nitrogen and oxygen atoms in total. The molecule has 270 valence electrons. The van der Waals surface area contributed by atoms with E-state index in [1.54, 1.807) is 4.90 Å². The van der Waals surface area contributed by atoms with Crippen molar-refractivity contribution < 1.29 is 55.4 Å². The van der Waals surface area contributed by atoms with Crippen LogP contribution in [-0.4, -0.2) is 75.3 Å². The number of nitrogens with one attached hydrogen (secondary N) is 1. The summed E-state index contributed by atoms with van der Waals surface area (Å²) in [4.78, 5) is 54.3. The van der Waals surface area contributed by atoms with Crippen molar-refractivity contribution in [1.29, 1.82) is 0 Å². The summed E-state index contributed by atoms with van der Waals surface area (Å²) in [5.74, 6) is -2.49. The van der Waals surface area contributed by atoms with E-state index in [1.807, 2.05) is 0 Å². The summed E-state index contributed by atoms with van der Waals surface area (Å²) in [6.07, 6.45) is -8.88. The van der Waals surface area contributed by atoms with Gasteiger partial charge in [0.15, 0.2) is 0 Å². The molecule has 18 heteroatoms. The van der Waals surface area contributed by atoms with Gasteiger partial charge in [0.2, 0.25) is 11.8 Å². The minimum atomic E-state index is -5.02. The first-order chi connectivity index (χ1) is 24.0. The van der Waals surface area contributed by atoms with Gasteiger partial charge in [-0.2, -0.15) is 26.3 Å². The summed E-state index contributed by atoms with van der Waals surface area (Å²) in [7, 11) is 0. The molecule has 3 aromatic rings. The Bertz CT molecular complexity index is 1840. The monoisotopic (exact) mass is 771 g/mol. The molecule has 3 heterocycles. The lowest BCUT2D eigenvalue weighted by atomic mass is 10.0. The quantitative estimate of drug-likeness (QED) is 0.125. The van der Waals surface area contributed by atoms with Crippen LogP contribution in [0.1, 0.15) is 45.6 Å². The number of carbonyl (C=O) groups excluding carboxylic acids is 3. The number of nitrogens with zero attached hydrogens (tertiary/aromatic N) is 2. The summed E-state index contributed by atoms with van der Waals surface area (Å²) < 4.78 is 86.0. The lowest BCUT2D eigenvalue weighted by Gasteiger charge is -2.29. The van der Waals surface area contributed by atoms with Gasteiger partial charge in [-0.3, -0.25) is 19.3 Å². The minimum Gasteiger partial charge on any atom is -0.478 e. The molecule has 1 atom stereocenters. The average molecular weight is 772 g/mol. The Morgan fingerprint density at radius 3 is 2.18 bits per heavy atom. The highest BCUT2D eigenvalue weighted by Gasteiger charge is 2.39. The summed E-state index contributed by atoms with van der Waals surface area (Å²) in [6, 6.07) is 7.18. The summed E-state index contributed by atoms with van der Waals surface area (Å²) in [6.45, 7) is 1.53. The van der Waals surface area contributed by atoms with E-state index < -0.39 is 47.3 Å². The van der Waals surface area contributed by atoms with Crippen LogP contribution in [0.5, 0.6) is 0 Å². The number of thiophene rings is 1. The van der Waals surface area contributed by atoms with Gasteiger partial charge >= 0.3 is 18.3 Å². The molecule has 5 rings (SSSR count). The molecule has 2 aromatic carbocycles. The molecule has 1 aromatic heterocycles. The number of aromatic carboxylic acids is 1. The molecule has 2 fully saturated rings. The van der Waals surface area contributed by atoms with E-state index >= 15 is 0 Å². The molecule has 2 aliphatic rings. The normalized spacial score (nSPS) is 16.9. The Morgan fingerprint density at radius 2 is 1.59 bits per heavy atom. The van der Waals surface area contributed by atoms with Crippen LogP contribution in [0.15, 0.2) is 58.8 Å². The fraction of sp³-hybridized carbons (Fsp3) is 0.303. The smallest absolute Gasteiger partial charge is 0.416 e. The number of thiocarbonyl (C=S) groups is 1. The van der Waals surface area contributed by atoms with Gasteiger partial charge in [0, 0.05) is 42.5 Å². The second kappa shape index (κ2) is 15.5. The van der Waals surface area contributed by atoms with E-state index in [1.165, 1.54) is 46.7 Å². The molecular weight excluding hydrogens is 745 g/mol. The van der Waals surface area contributed by atoms with E-state index in [2.05, 4.69) is 5.32 Å². The number of hydrogen-bond acceptors (Lipinski definition) is 8. The number of halogens is 6. The number of rotatable bonds is 10. The number of thioether (sulfide) groups is 1. The largest absolute Gasteiger partial charge is 0.478 e. The molecular formula is C33H27F6N3O6S3. The van der Waals surface area contributed by atoms with E-state index in [9.17, 15) is 45.5 Å². The highest BCUT2D eigenvalue weighted by atomic mass is 32.2. The molecule has 2 N–H and O–H groups in total. The molecule has 51 heavy (non-hydrogen) atoms. The minimum absolute atomic E-state index is 0.00981. The molecule has 0 bridgehead atoms. The van der Waals surface area contributed by atoms with Crippen LogP contribution in [0.25, 0.3) is 17.2 Å². The van der Waals surface area contributed by atoms with Gasteiger partial charge in [-0.15, -0.1) is 11.3 Å². The maximum Gasteiger partial charge on any atom is 0.416 e. The predicted octanol–water partition coefficient (Wildman–Crippen LogP) is 7.39. The highest BCUT2D eigenvalue weighted by Crippen LogP contribution is 2.41. The summed E-state index contributed by atoms with van der Waals surface area (Å²) in [5.41, 5.74) is -2.84. The third-order valence-electron chi connectivity index (χ3n) is 7.89. The van der Waals surface area contributed by atoms with Gasteiger partial charge in [-0.05, 0) is 77.5 Å². The van der Waals surface area contributed by atoms with Crippen LogP contribution in [-0.2, 0) is 31.5 Å². The van der Waals surface area contributed by atoms with Crippen molar-refractivity contribution in [1.82, 2.24) is 9.80 Å². The average Bonchev–Trinajstić information content (AvgIpc) is 3.65. The van der Waals surface area contributed by atoms with Crippen LogP contribution < -0.4 is 5.32 Å². The van der Waals surface area contributed by atoms with Crippen LogP contribution in [0, 0.1) is 0 Å². The van der Waals surface area contributed by atoms with Gasteiger partial charge < -0.3 is 20.1 Å². The number of carboxylic acid groups (broad SMARTS) is 1. The van der Waals surface area contributed by atoms with Crippen LogP contribution in [0.2, 0.25) is 0 Å². The van der Waals surface area contributed by atoms with Gasteiger partial charge in [0.05, 0.1) is 34.8 Å².